The van der Waals surface area contributed by atoms with Gasteiger partial charge in [0, 0.05) is 5.56 Å². The fourth-order valence-corrected chi connectivity index (χ4v) is 2.12. The van der Waals surface area contributed by atoms with Crippen molar-refractivity contribution in [3.8, 4) is 0 Å². The number of aryl methyl sites for hydroxylation is 3. The Bertz CT molecular complexity index is 539. The maximum atomic E-state index is 11.0. The van der Waals surface area contributed by atoms with E-state index in [1.165, 1.54) is 16.3 Å². The van der Waals surface area contributed by atoms with E-state index in [0.29, 0.717) is 0 Å². The molecule has 1 heteroatoms. The standard InChI is InChI=1S/C14H14O/c1-9-5-4-6-12-11(3)14(8-15)10(2)7-13(9)12/h4-8H,1-3H3. The van der Waals surface area contributed by atoms with E-state index in [9.17, 15) is 4.79 Å². The molecular weight excluding hydrogens is 184 g/mol. The van der Waals surface area contributed by atoms with Crippen LogP contribution in [0, 0.1) is 20.8 Å². The molecule has 0 unspecified atom stereocenters. The number of aldehydes is 1. The van der Waals surface area contributed by atoms with Gasteiger partial charge in [-0.2, -0.15) is 0 Å². The number of hydrogen-bond donors (Lipinski definition) is 0. The molecule has 1 nitrogen and oxygen atoms in total. The second-order valence-electron chi connectivity index (χ2n) is 4.02. The minimum absolute atomic E-state index is 0.827. The number of carbonyl (C=O) groups excluding carboxylic acids is 1. The number of carbonyl (C=O) groups is 1. The zero-order valence-corrected chi connectivity index (χ0v) is 9.29. The molecule has 0 aliphatic heterocycles. The first-order valence-corrected chi connectivity index (χ1v) is 5.10. The second kappa shape index (κ2) is 3.50. The lowest BCUT2D eigenvalue weighted by molar-refractivity contribution is 0.112. The molecule has 0 fully saturated rings. The summed E-state index contributed by atoms with van der Waals surface area (Å²) in [5, 5.41) is 2.43. The van der Waals surface area contributed by atoms with Gasteiger partial charge in [-0.15, -0.1) is 0 Å². The van der Waals surface area contributed by atoms with Crippen molar-refractivity contribution < 1.29 is 4.79 Å². The van der Waals surface area contributed by atoms with Crippen LogP contribution >= 0.6 is 0 Å². The molecule has 0 aliphatic carbocycles. The second-order valence-corrected chi connectivity index (χ2v) is 4.02. The first-order valence-electron chi connectivity index (χ1n) is 5.10. The molecule has 0 spiro atoms. The van der Waals surface area contributed by atoms with Crippen LogP contribution in [0.3, 0.4) is 0 Å². The average Bonchev–Trinajstić information content (AvgIpc) is 2.20. The Balaban J connectivity index is 2.97. The van der Waals surface area contributed by atoms with Crippen molar-refractivity contribution in [3.63, 3.8) is 0 Å². The van der Waals surface area contributed by atoms with Gasteiger partial charge in [-0.1, -0.05) is 24.3 Å². The molecule has 0 N–H and O–H groups in total. The topological polar surface area (TPSA) is 17.1 Å². The van der Waals surface area contributed by atoms with E-state index in [2.05, 4.69) is 25.1 Å². The molecule has 76 valence electrons. The van der Waals surface area contributed by atoms with Crippen LogP contribution in [-0.2, 0) is 0 Å². The lowest BCUT2D eigenvalue weighted by Crippen LogP contribution is -1.94. The first-order chi connectivity index (χ1) is 7.15. The highest BCUT2D eigenvalue weighted by Crippen LogP contribution is 2.26. The Hall–Kier alpha value is -1.63. The van der Waals surface area contributed by atoms with Crippen LogP contribution in [0.2, 0.25) is 0 Å². The highest BCUT2D eigenvalue weighted by Gasteiger charge is 2.07. The number of hydrogen-bond acceptors (Lipinski definition) is 1. The highest BCUT2D eigenvalue weighted by molar-refractivity contribution is 5.95. The molecule has 2 rings (SSSR count). The smallest absolute Gasteiger partial charge is 0.150 e. The van der Waals surface area contributed by atoms with Gasteiger partial charge in [0.15, 0.2) is 6.29 Å². The van der Waals surface area contributed by atoms with Gasteiger partial charge in [0.05, 0.1) is 0 Å². The summed E-state index contributed by atoms with van der Waals surface area (Å²) in [7, 11) is 0. The molecule has 0 aromatic heterocycles. The van der Waals surface area contributed by atoms with Crippen LogP contribution in [0.25, 0.3) is 10.8 Å². The SMILES string of the molecule is Cc1cc2c(C)cccc2c(C)c1C=O. The normalized spacial score (nSPS) is 10.6. The predicted octanol–water partition coefficient (Wildman–Crippen LogP) is 3.58. The van der Waals surface area contributed by atoms with Crippen molar-refractivity contribution in [1.29, 1.82) is 0 Å². The maximum Gasteiger partial charge on any atom is 0.150 e. The molecule has 2 aromatic carbocycles. The lowest BCUT2D eigenvalue weighted by Gasteiger charge is -2.10. The summed E-state index contributed by atoms with van der Waals surface area (Å²) in [5.74, 6) is 0. The van der Waals surface area contributed by atoms with E-state index in [-0.39, 0.29) is 0 Å². The van der Waals surface area contributed by atoms with E-state index < -0.39 is 0 Å². The zero-order valence-electron chi connectivity index (χ0n) is 9.29. The van der Waals surface area contributed by atoms with Crippen molar-refractivity contribution in [1.82, 2.24) is 0 Å². The average molecular weight is 198 g/mol. The predicted molar refractivity (Wildman–Crippen MR) is 63.5 cm³/mol. The van der Waals surface area contributed by atoms with E-state index in [4.69, 9.17) is 0 Å². The summed E-state index contributed by atoms with van der Waals surface area (Å²) < 4.78 is 0. The fraction of sp³-hybridized carbons (Fsp3) is 0.214. The van der Waals surface area contributed by atoms with Crippen molar-refractivity contribution in [3.05, 3.63) is 46.5 Å². The van der Waals surface area contributed by atoms with Crippen LogP contribution in [-0.4, -0.2) is 6.29 Å². The molecule has 0 saturated heterocycles. The maximum absolute atomic E-state index is 11.0. The lowest BCUT2D eigenvalue weighted by atomic mass is 9.94. The molecule has 0 atom stereocenters. The van der Waals surface area contributed by atoms with Crippen LogP contribution < -0.4 is 0 Å². The third kappa shape index (κ3) is 1.44. The van der Waals surface area contributed by atoms with Crippen molar-refractivity contribution >= 4 is 17.1 Å². The largest absolute Gasteiger partial charge is 0.298 e. The zero-order chi connectivity index (χ0) is 11.0. The minimum Gasteiger partial charge on any atom is -0.298 e. The van der Waals surface area contributed by atoms with Gasteiger partial charge in [-0.3, -0.25) is 4.79 Å². The van der Waals surface area contributed by atoms with Gasteiger partial charge in [0.2, 0.25) is 0 Å². The first kappa shape index (κ1) is 9.91. The summed E-state index contributed by atoms with van der Waals surface area (Å²) in [4.78, 5) is 11.0. The van der Waals surface area contributed by atoms with E-state index >= 15 is 0 Å². The molecule has 2 aromatic rings. The van der Waals surface area contributed by atoms with E-state index in [1.54, 1.807) is 0 Å². The van der Waals surface area contributed by atoms with Gasteiger partial charge in [0.1, 0.15) is 0 Å². The molecule has 0 amide bonds. The Morgan fingerprint density at radius 2 is 1.73 bits per heavy atom. The minimum atomic E-state index is 0.827. The Kier molecular flexibility index (Phi) is 2.31. The molecule has 0 radical (unpaired) electrons. The fourth-order valence-electron chi connectivity index (χ4n) is 2.12. The Morgan fingerprint density at radius 1 is 1.00 bits per heavy atom. The molecule has 0 heterocycles. The summed E-state index contributed by atoms with van der Waals surface area (Å²) in [6, 6.07) is 8.31. The summed E-state index contributed by atoms with van der Waals surface area (Å²) >= 11 is 0. The van der Waals surface area contributed by atoms with Gasteiger partial charge in [-0.05, 0) is 48.2 Å². The molecule has 0 aliphatic rings. The third-order valence-electron chi connectivity index (χ3n) is 3.04. The van der Waals surface area contributed by atoms with Crippen LogP contribution in [0.15, 0.2) is 24.3 Å². The monoisotopic (exact) mass is 198 g/mol. The molecule has 0 saturated carbocycles. The van der Waals surface area contributed by atoms with Crippen LogP contribution in [0.5, 0.6) is 0 Å². The van der Waals surface area contributed by atoms with Crippen LogP contribution in [0.1, 0.15) is 27.0 Å². The van der Waals surface area contributed by atoms with Gasteiger partial charge in [0.25, 0.3) is 0 Å². The van der Waals surface area contributed by atoms with E-state index in [0.717, 1.165) is 23.0 Å². The summed E-state index contributed by atoms with van der Waals surface area (Å²) in [6.07, 6.45) is 0.951. The van der Waals surface area contributed by atoms with Crippen LogP contribution in [0.4, 0.5) is 0 Å². The summed E-state index contributed by atoms with van der Waals surface area (Å²) in [6.45, 7) is 6.10. The number of rotatable bonds is 1. The van der Waals surface area contributed by atoms with Gasteiger partial charge < -0.3 is 0 Å². The third-order valence-corrected chi connectivity index (χ3v) is 3.04. The number of fused-ring (bicyclic) bond motifs is 1. The molecule has 15 heavy (non-hydrogen) atoms. The van der Waals surface area contributed by atoms with Gasteiger partial charge >= 0.3 is 0 Å². The number of benzene rings is 2. The quantitative estimate of drug-likeness (QED) is 0.640. The van der Waals surface area contributed by atoms with Crippen molar-refractivity contribution in [2.45, 2.75) is 20.8 Å². The highest BCUT2D eigenvalue weighted by atomic mass is 16.1. The van der Waals surface area contributed by atoms with Crippen molar-refractivity contribution in [2.24, 2.45) is 0 Å². The van der Waals surface area contributed by atoms with E-state index in [1.807, 2.05) is 19.9 Å². The van der Waals surface area contributed by atoms with Gasteiger partial charge in [-0.25, -0.2) is 0 Å². The van der Waals surface area contributed by atoms with Crippen molar-refractivity contribution in [2.75, 3.05) is 0 Å². The summed E-state index contributed by atoms with van der Waals surface area (Å²) in [5.41, 5.74) is 4.23. The Morgan fingerprint density at radius 3 is 2.40 bits per heavy atom. The molecular formula is C14H14O. The Labute approximate surface area is 89.7 Å². The molecule has 0 bridgehead atoms.